The molecule has 1 atom stereocenters. The maximum atomic E-state index is 14.1. The van der Waals surface area contributed by atoms with Crippen molar-refractivity contribution in [2.24, 2.45) is 0 Å². The highest BCUT2D eigenvalue weighted by Gasteiger charge is 2.34. The van der Waals surface area contributed by atoms with Crippen LogP contribution in [0.3, 0.4) is 0 Å². The van der Waals surface area contributed by atoms with Crippen molar-refractivity contribution in [3.63, 3.8) is 0 Å². The van der Waals surface area contributed by atoms with Crippen molar-refractivity contribution >= 4 is 43.5 Å². The molecule has 0 aromatic heterocycles. The first-order valence-corrected chi connectivity index (χ1v) is 16.0. The van der Waals surface area contributed by atoms with Gasteiger partial charge in [0.2, 0.25) is 21.8 Å². The molecule has 1 saturated carbocycles. The first-order chi connectivity index (χ1) is 19.5. The predicted molar refractivity (Wildman–Crippen MR) is 158 cm³/mol. The van der Waals surface area contributed by atoms with Gasteiger partial charge in [-0.25, -0.2) is 17.2 Å². The average molecular weight is 649 g/mol. The molecule has 0 unspecified atom stereocenters. The SMILES string of the molecule is CS(=O)(=O)N(CC(=O)N(Cc1cccc(Br)c1)[C@@H](Cc1ccccc1)C(=O)NC1CCCC1)c1ccc(F)c(F)c1. The van der Waals surface area contributed by atoms with Gasteiger partial charge in [-0.1, -0.05) is 71.2 Å². The largest absolute Gasteiger partial charge is 0.352 e. The maximum Gasteiger partial charge on any atom is 0.244 e. The molecule has 4 rings (SSSR count). The average Bonchev–Trinajstić information content (AvgIpc) is 3.44. The Balaban J connectivity index is 1.73. The quantitative estimate of drug-likeness (QED) is 0.310. The second-order valence-electron chi connectivity index (χ2n) is 10.2. The molecular formula is C30H32BrF2N3O4S. The van der Waals surface area contributed by atoms with Gasteiger partial charge in [0.15, 0.2) is 11.6 Å². The first-order valence-electron chi connectivity index (χ1n) is 13.3. The van der Waals surface area contributed by atoms with E-state index in [1.165, 1.54) is 4.90 Å². The Labute approximate surface area is 247 Å². The molecule has 1 fully saturated rings. The van der Waals surface area contributed by atoms with Crippen LogP contribution < -0.4 is 9.62 Å². The molecule has 41 heavy (non-hydrogen) atoms. The summed E-state index contributed by atoms with van der Waals surface area (Å²) in [6.07, 6.45) is 4.79. The van der Waals surface area contributed by atoms with E-state index >= 15 is 0 Å². The predicted octanol–water partition coefficient (Wildman–Crippen LogP) is 5.19. The molecule has 2 amide bonds. The van der Waals surface area contributed by atoms with Crippen LogP contribution in [0.15, 0.2) is 77.3 Å². The smallest absolute Gasteiger partial charge is 0.244 e. The zero-order chi connectivity index (χ0) is 29.6. The summed E-state index contributed by atoms with van der Waals surface area (Å²) in [6.45, 7) is -0.691. The minimum absolute atomic E-state index is 0.00157. The monoisotopic (exact) mass is 647 g/mol. The van der Waals surface area contributed by atoms with Crippen LogP contribution in [0.4, 0.5) is 14.5 Å². The van der Waals surface area contributed by atoms with Gasteiger partial charge in [0.05, 0.1) is 11.9 Å². The number of nitrogens with zero attached hydrogens (tertiary/aromatic N) is 2. The van der Waals surface area contributed by atoms with Crippen molar-refractivity contribution in [1.29, 1.82) is 0 Å². The summed E-state index contributed by atoms with van der Waals surface area (Å²) in [5, 5.41) is 3.10. The highest BCUT2D eigenvalue weighted by molar-refractivity contribution is 9.10. The van der Waals surface area contributed by atoms with Crippen molar-refractivity contribution in [2.75, 3.05) is 17.1 Å². The fourth-order valence-corrected chi connectivity index (χ4v) is 6.30. The van der Waals surface area contributed by atoms with Crippen molar-refractivity contribution < 1.29 is 26.8 Å². The summed E-state index contributed by atoms with van der Waals surface area (Å²) in [5.41, 5.74) is 1.35. The fraction of sp³-hybridized carbons (Fsp3) is 0.333. The third kappa shape index (κ3) is 8.36. The summed E-state index contributed by atoms with van der Waals surface area (Å²) >= 11 is 3.44. The van der Waals surface area contributed by atoms with Crippen LogP contribution in [0.1, 0.15) is 36.8 Å². The Morgan fingerprint density at radius 1 is 0.951 bits per heavy atom. The molecule has 0 aliphatic heterocycles. The second-order valence-corrected chi connectivity index (χ2v) is 13.0. The van der Waals surface area contributed by atoms with Gasteiger partial charge < -0.3 is 10.2 Å². The third-order valence-electron chi connectivity index (χ3n) is 7.08. The lowest BCUT2D eigenvalue weighted by atomic mass is 10.0. The number of amides is 2. The summed E-state index contributed by atoms with van der Waals surface area (Å²) in [7, 11) is -4.09. The first kappa shape index (κ1) is 30.6. The summed E-state index contributed by atoms with van der Waals surface area (Å²) in [4.78, 5) is 29.2. The molecule has 1 N–H and O–H groups in total. The van der Waals surface area contributed by atoms with Crippen LogP contribution in [0.2, 0.25) is 0 Å². The lowest BCUT2D eigenvalue weighted by Crippen LogP contribution is -2.54. The van der Waals surface area contributed by atoms with Gasteiger partial charge in [-0.3, -0.25) is 13.9 Å². The van der Waals surface area contributed by atoms with Crippen LogP contribution in [-0.4, -0.2) is 50.0 Å². The Bertz CT molecular complexity index is 1480. The number of benzene rings is 3. The van der Waals surface area contributed by atoms with E-state index in [2.05, 4.69) is 21.2 Å². The van der Waals surface area contributed by atoms with E-state index in [9.17, 15) is 26.8 Å². The number of hydrogen-bond donors (Lipinski definition) is 1. The second kappa shape index (κ2) is 13.6. The van der Waals surface area contributed by atoms with Crippen LogP contribution in [0.5, 0.6) is 0 Å². The van der Waals surface area contributed by atoms with Crippen LogP contribution in [-0.2, 0) is 32.6 Å². The van der Waals surface area contributed by atoms with Gasteiger partial charge >= 0.3 is 0 Å². The van der Waals surface area contributed by atoms with Crippen molar-refractivity contribution in [3.8, 4) is 0 Å². The van der Waals surface area contributed by atoms with Gasteiger partial charge in [0.1, 0.15) is 12.6 Å². The Morgan fingerprint density at radius 3 is 2.27 bits per heavy atom. The van der Waals surface area contributed by atoms with Crippen molar-refractivity contribution in [1.82, 2.24) is 10.2 Å². The van der Waals surface area contributed by atoms with Crippen LogP contribution in [0, 0.1) is 11.6 Å². The minimum atomic E-state index is -4.09. The molecule has 218 valence electrons. The number of rotatable bonds is 11. The van der Waals surface area contributed by atoms with E-state index in [4.69, 9.17) is 0 Å². The number of hydrogen-bond acceptors (Lipinski definition) is 4. The number of carbonyl (C=O) groups is 2. The van der Waals surface area contributed by atoms with Crippen LogP contribution in [0.25, 0.3) is 0 Å². The number of nitrogens with one attached hydrogen (secondary N) is 1. The van der Waals surface area contributed by atoms with E-state index in [1.54, 1.807) is 6.07 Å². The van der Waals surface area contributed by atoms with Gasteiger partial charge in [-0.15, -0.1) is 0 Å². The molecule has 0 spiro atoms. The number of carbonyl (C=O) groups excluding carboxylic acids is 2. The number of sulfonamides is 1. The Kier molecular flexibility index (Phi) is 10.1. The summed E-state index contributed by atoms with van der Waals surface area (Å²) in [5.74, 6) is -3.38. The fourth-order valence-electron chi connectivity index (χ4n) is 5.01. The molecule has 0 saturated heterocycles. The van der Waals surface area contributed by atoms with Gasteiger partial charge in [-0.05, 0) is 48.2 Å². The van der Waals surface area contributed by atoms with Gasteiger partial charge in [0, 0.05) is 29.5 Å². The molecule has 1 aliphatic carbocycles. The normalized spacial score (nSPS) is 14.4. The minimum Gasteiger partial charge on any atom is -0.352 e. The van der Waals surface area contributed by atoms with E-state index < -0.39 is 40.2 Å². The molecule has 3 aromatic carbocycles. The lowest BCUT2D eigenvalue weighted by Gasteiger charge is -2.34. The molecule has 0 heterocycles. The molecule has 0 bridgehead atoms. The van der Waals surface area contributed by atoms with Crippen LogP contribution >= 0.6 is 15.9 Å². The lowest BCUT2D eigenvalue weighted by molar-refractivity contribution is -0.140. The van der Waals surface area contributed by atoms with E-state index in [0.717, 1.165) is 70.0 Å². The number of halogens is 3. The van der Waals surface area contributed by atoms with Crippen molar-refractivity contribution in [2.45, 2.75) is 50.7 Å². The zero-order valence-corrected chi connectivity index (χ0v) is 25.0. The Morgan fingerprint density at radius 2 is 1.63 bits per heavy atom. The molecular weight excluding hydrogens is 616 g/mol. The molecule has 0 radical (unpaired) electrons. The molecule has 1 aliphatic rings. The van der Waals surface area contributed by atoms with Crippen molar-refractivity contribution in [3.05, 3.63) is 100 Å². The standard InChI is InChI=1S/C30H32BrF2N3O4S/c1-41(39,40)36(25-14-15-26(32)27(33)18-25)20-29(37)35(19-22-10-7-11-23(31)16-22)28(17-21-8-3-2-4-9-21)30(38)34-24-12-5-6-13-24/h2-4,7-11,14-16,18,24,28H,5-6,12-13,17,19-20H2,1H3,(H,34,38)/t28-/m0/s1. The third-order valence-corrected chi connectivity index (χ3v) is 8.72. The summed E-state index contributed by atoms with van der Waals surface area (Å²) < 4.78 is 54.7. The highest BCUT2D eigenvalue weighted by Crippen LogP contribution is 2.24. The maximum absolute atomic E-state index is 14.1. The number of anilines is 1. The topological polar surface area (TPSA) is 86.8 Å². The van der Waals surface area contributed by atoms with E-state index in [1.807, 2.05) is 48.5 Å². The molecule has 3 aromatic rings. The van der Waals surface area contributed by atoms with E-state index in [0.29, 0.717) is 0 Å². The molecule has 7 nitrogen and oxygen atoms in total. The van der Waals surface area contributed by atoms with Gasteiger partial charge in [-0.2, -0.15) is 0 Å². The zero-order valence-electron chi connectivity index (χ0n) is 22.6. The Hall–Kier alpha value is -3.31. The molecule has 11 heteroatoms. The summed E-state index contributed by atoms with van der Waals surface area (Å²) in [6, 6.07) is 18.2. The van der Waals surface area contributed by atoms with E-state index in [-0.39, 0.29) is 30.6 Å². The van der Waals surface area contributed by atoms with Gasteiger partial charge in [0.25, 0.3) is 0 Å². The highest BCUT2D eigenvalue weighted by atomic mass is 79.9.